The fraction of sp³-hybridized carbons (Fsp3) is 0.238. The van der Waals surface area contributed by atoms with Crippen LogP contribution in [0, 0.1) is 0 Å². The highest BCUT2D eigenvalue weighted by Gasteiger charge is 2.23. The number of carbonyl (C=O) groups excluding carboxylic acids is 2. The van der Waals surface area contributed by atoms with Crippen LogP contribution in [0.2, 0.25) is 0 Å². The van der Waals surface area contributed by atoms with Crippen LogP contribution in [-0.2, 0) is 0 Å². The van der Waals surface area contributed by atoms with E-state index in [1.54, 1.807) is 24.3 Å². The minimum absolute atomic E-state index is 0.00323. The Morgan fingerprint density at radius 1 is 0.786 bits per heavy atom. The van der Waals surface area contributed by atoms with E-state index in [-0.39, 0.29) is 11.7 Å². The molecule has 7 nitrogen and oxygen atoms in total. The van der Waals surface area contributed by atoms with Gasteiger partial charge >= 0.3 is 0 Å². The normalized spacial score (nSPS) is 14.2. The van der Waals surface area contributed by atoms with E-state index in [9.17, 15) is 9.59 Å². The van der Waals surface area contributed by atoms with Crippen molar-refractivity contribution < 1.29 is 9.59 Å². The molecule has 3 aromatic rings. The number of piperazine rings is 1. The van der Waals surface area contributed by atoms with Crippen molar-refractivity contribution in [3.8, 4) is 5.82 Å². The molecular formula is C21H21N5O2. The topological polar surface area (TPSA) is 71.3 Å². The van der Waals surface area contributed by atoms with Gasteiger partial charge in [0.25, 0.3) is 5.91 Å². The highest BCUT2D eigenvalue weighted by Crippen LogP contribution is 2.16. The molecule has 1 amide bonds. The molecule has 142 valence electrons. The number of hydrogen-bond donors (Lipinski definition) is 0. The number of amides is 1. The Balaban J connectivity index is 1.37. The van der Waals surface area contributed by atoms with Gasteiger partial charge in [-0.2, -0.15) is 0 Å². The second-order valence-corrected chi connectivity index (χ2v) is 6.75. The Kier molecular flexibility index (Phi) is 4.89. The predicted molar refractivity (Wildman–Crippen MR) is 106 cm³/mol. The number of ketones is 1. The van der Waals surface area contributed by atoms with Crippen molar-refractivity contribution in [3.63, 3.8) is 0 Å². The number of Topliss-reactive ketones (excluding diaryl/α,β-unsaturated/α-hetero) is 1. The summed E-state index contributed by atoms with van der Waals surface area (Å²) >= 11 is 0. The molecule has 3 heterocycles. The van der Waals surface area contributed by atoms with Crippen molar-refractivity contribution >= 4 is 17.5 Å². The van der Waals surface area contributed by atoms with Crippen LogP contribution in [-0.4, -0.2) is 57.5 Å². The number of rotatable bonds is 4. The van der Waals surface area contributed by atoms with Gasteiger partial charge in [-0.15, -0.1) is 10.2 Å². The molecular weight excluding hydrogens is 354 g/mol. The van der Waals surface area contributed by atoms with Crippen molar-refractivity contribution in [1.29, 1.82) is 0 Å². The first-order chi connectivity index (χ1) is 13.6. The number of anilines is 1. The van der Waals surface area contributed by atoms with E-state index in [2.05, 4.69) is 15.1 Å². The SMILES string of the molecule is CC(=O)c1ccc(C(=O)N2CCN(c3ccc(-n4cccc4)nn3)CC2)cc1. The molecule has 0 spiro atoms. The van der Waals surface area contributed by atoms with E-state index in [1.807, 2.05) is 46.1 Å². The zero-order valence-corrected chi connectivity index (χ0v) is 15.7. The smallest absolute Gasteiger partial charge is 0.253 e. The van der Waals surface area contributed by atoms with Crippen LogP contribution in [0.15, 0.2) is 60.9 Å². The lowest BCUT2D eigenvalue weighted by atomic mass is 10.1. The molecule has 0 bridgehead atoms. The lowest BCUT2D eigenvalue weighted by molar-refractivity contribution is 0.0746. The van der Waals surface area contributed by atoms with Crippen molar-refractivity contribution in [2.24, 2.45) is 0 Å². The molecule has 1 saturated heterocycles. The monoisotopic (exact) mass is 375 g/mol. The first kappa shape index (κ1) is 17.9. The van der Waals surface area contributed by atoms with Gasteiger partial charge in [-0.1, -0.05) is 12.1 Å². The predicted octanol–water partition coefficient (Wildman–Crippen LogP) is 2.43. The van der Waals surface area contributed by atoms with Gasteiger partial charge in [0, 0.05) is 49.7 Å². The molecule has 1 aromatic carbocycles. The Morgan fingerprint density at radius 3 is 1.93 bits per heavy atom. The summed E-state index contributed by atoms with van der Waals surface area (Å²) in [6.07, 6.45) is 3.86. The van der Waals surface area contributed by atoms with Crippen LogP contribution in [0.5, 0.6) is 0 Å². The molecule has 1 aliphatic rings. The summed E-state index contributed by atoms with van der Waals surface area (Å²) in [5, 5.41) is 8.62. The van der Waals surface area contributed by atoms with Gasteiger partial charge in [0.05, 0.1) is 0 Å². The van der Waals surface area contributed by atoms with E-state index in [0.717, 1.165) is 11.6 Å². The lowest BCUT2D eigenvalue weighted by Gasteiger charge is -2.35. The maximum Gasteiger partial charge on any atom is 0.253 e. The van der Waals surface area contributed by atoms with E-state index < -0.39 is 0 Å². The second-order valence-electron chi connectivity index (χ2n) is 6.75. The number of nitrogens with zero attached hydrogens (tertiary/aromatic N) is 5. The Labute approximate surface area is 163 Å². The molecule has 7 heteroatoms. The quantitative estimate of drug-likeness (QED) is 0.655. The molecule has 0 unspecified atom stereocenters. The summed E-state index contributed by atoms with van der Waals surface area (Å²) in [6, 6.07) is 14.6. The van der Waals surface area contributed by atoms with E-state index in [0.29, 0.717) is 37.3 Å². The highest BCUT2D eigenvalue weighted by atomic mass is 16.2. The van der Waals surface area contributed by atoms with Gasteiger partial charge in [-0.25, -0.2) is 0 Å². The molecule has 4 rings (SSSR count). The van der Waals surface area contributed by atoms with E-state index >= 15 is 0 Å². The van der Waals surface area contributed by atoms with E-state index in [4.69, 9.17) is 0 Å². The summed E-state index contributed by atoms with van der Waals surface area (Å²) in [5.74, 6) is 1.57. The highest BCUT2D eigenvalue weighted by molar-refractivity contribution is 5.97. The third kappa shape index (κ3) is 3.64. The third-order valence-electron chi connectivity index (χ3n) is 4.93. The van der Waals surface area contributed by atoms with E-state index in [1.165, 1.54) is 6.92 Å². The Morgan fingerprint density at radius 2 is 1.36 bits per heavy atom. The van der Waals surface area contributed by atoms with Crippen LogP contribution >= 0.6 is 0 Å². The fourth-order valence-electron chi connectivity index (χ4n) is 3.28. The summed E-state index contributed by atoms with van der Waals surface area (Å²) in [6.45, 7) is 4.16. The molecule has 0 N–H and O–H groups in total. The second kappa shape index (κ2) is 7.64. The first-order valence-electron chi connectivity index (χ1n) is 9.24. The molecule has 0 saturated carbocycles. The molecule has 1 aliphatic heterocycles. The number of hydrogen-bond acceptors (Lipinski definition) is 5. The number of carbonyl (C=O) groups is 2. The number of aromatic nitrogens is 3. The molecule has 0 atom stereocenters. The average molecular weight is 375 g/mol. The summed E-state index contributed by atoms with van der Waals surface area (Å²) in [7, 11) is 0. The van der Waals surface area contributed by atoms with Crippen LogP contribution in [0.1, 0.15) is 27.6 Å². The van der Waals surface area contributed by atoms with Crippen LogP contribution in [0.3, 0.4) is 0 Å². The Bertz CT molecular complexity index is 957. The van der Waals surface area contributed by atoms with Gasteiger partial charge in [0.15, 0.2) is 17.4 Å². The zero-order chi connectivity index (χ0) is 19.5. The van der Waals surface area contributed by atoms with Crippen molar-refractivity contribution in [2.75, 3.05) is 31.1 Å². The van der Waals surface area contributed by atoms with Crippen molar-refractivity contribution in [2.45, 2.75) is 6.92 Å². The van der Waals surface area contributed by atoms with Crippen LogP contribution in [0.4, 0.5) is 5.82 Å². The lowest BCUT2D eigenvalue weighted by Crippen LogP contribution is -2.49. The fourth-order valence-corrected chi connectivity index (χ4v) is 3.28. The average Bonchev–Trinajstić information content (AvgIpc) is 3.28. The van der Waals surface area contributed by atoms with Crippen LogP contribution < -0.4 is 4.90 Å². The zero-order valence-electron chi connectivity index (χ0n) is 15.7. The Hall–Kier alpha value is -3.48. The maximum atomic E-state index is 12.7. The molecule has 1 fully saturated rings. The van der Waals surface area contributed by atoms with Gasteiger partial charge in [0.1, 0.15) is 0 Å². The van der Waals surface area contributed by atoms with Crippen molar-refractivity contribution in [3.05, 3.63) is 72.1 Å². The number of benzene rings is 1. The molecule has 28 heavy (non-hydrogen) atoms. The minimum atomic E-state index is -0.0104. The molecule has 2 aromatic heterocycles. The molecule has 0 radical (unpaired) electrons. The minimum Gasteiger partial charge on any atom is -0.352 e. The maximum absolute atomic E-state index is 12.7. The summed E-state index contributed by atoms with van der Waals surface area (Å²) in [4.78, 5) is 28.0. The summed E-state index contributed by atoms with van der Waals surface area (Å²) in [5.41, 5.74) is 1.22. The van der Waals surface area contributed by atoms with Gasteiger partial charge in [0.2, 0.25) is 0 Å². The van der Waals surface area contributed by atoms with Crippen molar-refractivity contribution in [1.82, 2.24) is 19.7 Å². The van der Waals surface area contributed by atoms with Gasteiger partial charge < -0.3 is 14.4 Å². The van der Waals surface area contributed by atoms with Gasteiger partial charge in [-0.05, 0) is 43.3 Å². The first-order valence-corrected chi connectivity index (χ1v) is 9.24. The summed E-state index contributed by atoms with van der Waals surface area (Å²) < 4.78 is 1.91. The van der Waals surface area contributed by atoms with Gasteiger partial charge in [-0.3, -0.25) is 9.59 Å². The van der Waals surface area contributed by atoms with Crippen LogP contribution in [0.25, 0.3) is 5.82 Å². The third-order valence-corrected chi connectivity index (χ3v) is 4.93. The molecule has 0 aliphatic carbocycles. The largest absolute Gasteiger partial charge is 0.352 e. The standard InChI is InChI=1S/C21H21N5O2/c1-16(27)17-4-6-18(7-5-17)21(28)26-14-12-25(13-15-26)20-9-8-19(22-23-20)24-10-2-3-11-24/h2-11H,12-15H2,1H3.